The van der Waals surface area contributed by atoms with Crippen LogP contribution >= 0.6 is 0 Å². The average molecular weight is 242 g/mol. The number of rotatable bonds is 9. The number of nitrogens with one attached hydrogen (secondary N) is 1. The zero-order chi connectivity index (χ0) is 13.3. The van der Waals surface area contributed by atoms with Gasteiger partial charge in [0.1, 0.15) is 0 Å². The summed E-state index contributed by atoms with van der Waals surface area (Å²) in [6.45, 7) is 6.59. The van der Waals surface area contributed by atoms with E-state index in [4.69, 9.17) is 5.73 Å². The van der Waals surface area contributed by atoms with Crippen LogP contribution in [-0.2, 0) is 9.59 Å². The van der Waals surface area contributed by atoms with Crippen molar-refractivity contribution in [3.05, 3.63) is 0 Å². The van der Waals surface area contributed by atoms with Crippen LogP contribution in [0.4, 0.5) is 0 Å². The van der Waals surface area contributed by atoms with Crippen LogP contribution in [-0.4, -0.2) is 24.3 Å². The van der Waals surface area contributed by atoms with Crippen molar-refractivity contribution in [2.24, 2.45) is 11.7 Å². The molecule has 3 N–H and O–H groups in total. The van der Waals surface area contributed by atoms with Crippen LogP contribution < -0.4 is 11.1 Å². The molecule has 0 aliphatic rings. The SMILES string of the molecule is CCCC(=O)C(CC(C)C)NC(=O)CCCN. The number of nitrogens with two attached hydrogens (primary N) is 1. The predicted molar refractivity (Wildman–Crippen MR) is 69.6 cm³/mol. The van der Waals surface area contributed by atoms with Gasteiger partial charge in [-0.1, -0.05) is 20.8 Å². The van der Waals surface area contributed by atoms with E-state index in [-0.39, 0.29) is 17.7 Å². The van der Waals surface area contributed by atoms with Crippen LogP contribution in [0.25, 0.3) is 0 Å². The van der Waals surface area contributed by atoms with Crippen LogP contribution in [0.3, 0.4) is 0 Å². The van der Waals surface area contributed by atoms with E-state index in [0.29, 0.717) is 38.1 Å². The first-order valence-corrected chi connectivity index (χ1v) is 6.53. The average Bonchev–Trinajstić information content (AvgIpc) is 2.25. The molecule has 0 rings (SSSR count). The van der Waals surface area contributed by atoms with E-state index in [1.807, 2.05) is 6.92 Å². The van der Waals surface area contributed by atoms with Gasteiger partial charge in [0.2, 0.25) is 5.91 Å². The second kappa shape index (κ2) is 9.16. The second-order valence-electron chi connectivity index (χ2n) is 4.86. The Morgan fingerprint density at radius 1 is 1.24 bits per heavy atom. The number of hydrogen-bond donors (Lipinski definition) is 2. The smallest absolute Gasteiger partial charge is 0.220 e. The maximum Gasteiger partial charge on any atom is 0.220 e. The first kappa shape index (κ1) is 16.1. The van der Waals surface area contributed by atoms with Crippen molar-refractivity contribution in [3.63, 3.8) is 0 Å². The minimum Gasteiger partial charge on any atom is -0.346 e. The van der Waals surface area contributed by atoms with E-state index in [9.17, 15) is 9.59 Å². The van der Waals surface area contributed by atoms with E-state index in [1.54, 1.807) is 0 Å². The molecular formula is C13H26N2O2. The Bertz CT molecular complexity index is 240. The fourth-order valence-corrected chi connectivity index (χ4v) is 1.69. The summed E-state index contributed by atoms with van der Waals surface area (Å²) in [5, 5.41) is 2.82. The molecule has 0 aromatic carbocycles. The molecule has 1 unspecified atom stereocenters. The summed E-state index contributed by atoms with van der Waals surface area (Å²) in [5.74, 6) is 0.475. The first-order valence-electron chi connectivity index (χ1n) is 6.53. The first-order chi connectivity index (χ1) is 8.01. The molecule has 0 fully saturated rings. The molecule has 0 bridgehead atoms. The summed E-state index contributed by atoms with van der Waals surface area (Å²) in [4.78, 5) is 23.4. The van der Waals surface area contributed by atoms with Crippen molar-refractivity contribution in [3.8, 4) is 0 Å². The van der Waals surface area contributed by atoms with Crippen molar-refractivity contribution in [2.45, 2.75) is 58.9 Å². The van der Waals surface area contributed by atoms with E-state index in [1.165, 1.54) is 0 Å². The lowest BCUT2D eigenvalue weighted by Crippen LogP contribution is -2.41. The minimum absolute atomic E-state index is 0.0643. The van der Waals surface area contributed by atoms with Gasteiger partial charge in [0.15, 0.2) is 5.78 Å². The Morgan fingerprint density at radius 3 is 2.35 bits per heavy atom. The van der Waals surface area contributed by atoms with Gasteiger partial charge in [-0.3, -0.25) is 9.59 Å². The molecule has 0 heterocycles. The highest BCUT2D eigenvalue weighted by Gasteiger charge is 2.20. The number of amides is 1. The molecule has 0 saturated heterocycles. The van der Waals surface area contributed by atoms with Gasteiger partial charge in [0, 0.05) is 12.8 Å². The van der Waals surface area contributed by atoms with Gasteiger partial charge in [-0.25, -0.2) is 0 Å². The molecule has 4 heteroatoms. The zero-order valence-electron chi connectivity index (χ0n) is 11.3. The molecule has 4 nitrogen and oxygen atoms in total. The molecule has 0 aliphatic heterocycles. The lowest BCUT2D eigenvalue weighted by atomic mass is 9.97. The van der Waals surface area contributed by atoms with Gasteiger partial charge >= 0.3 is 0 Å². The monoisotopic (exact) mass is 242 g/mol. The maximum atomic E-state index is 11.8. The molecule has 1 amide bonds. The topological polar surface area (TPSA) is 72.2 Å². The summed E-state index contributed by atoms with van der Waals surface area (Å²) < 4.78 is 0. The fourth-order valence-electron chi connectivity index (χ4n) is 1.69. The van der Waals surface area contributed by atoms with Gasteiger partial charge in [-0.15, -0.1) is 0 Å². The Labute approximate surface area is 104 Å². The van der Waals surface area contributed by atoms with E-state index < -0.39 is 0 Å². The Morgan fingerprint density at radius 2 is 1.88 bits per heavy atom. The van der Waals surface area contributed by atoms with Gasteiger partial charge < -0.3 is 11.1 Å². The Balaban J connectivity index is 4.27. The number of hydrogen-bond acceptors (Lipinski definition) is 3. The Hall–Kier alpha value is -0.900. The van der Waals surface area contributed by atoms with Crippen LogP contribution in [0, 0.1) is 5.92 Å². The summed E-state index contributed by atoms with van der Waals surface area (Å²) in [6.07, 6.45) is 3.15. The minimum atomic E-state index is -0.319. The molecule has 100 valence electrons. The molecule has 0 saturated carbocycles. The van der Waals surface area contributed by atoms with Crippen LogP contribution in [0.5, 0.6) is 0 Å². The van der Waals surface area contributed by atoms with Gasteiger partial charge in [-0.2, -0.15) is 0 Å². The molecule has 0 aromatic rings. The number of ketones is 1. The molecule has 17 heavy (non-hydrogen) atoms. The van der Waals surface area contributed by atoms with Gasteiger partial charge in [-0.05, 0) is 31.7 Å². The number of carbonyl (C=O) groups excluding carboxylic acids is 2. The van der Waals surface area contributed by atoms with E-state index >= 15 is 0 Å². The third-order valence-corrected chi connectivity index (χ3v) is 2.54. The zero-order valence-corrected chi connectivity index (χ0v) is 11.3. The molecule has 0 aromatic heterocycles. The second-order valence-corrected chi connectivity index (χ2v) is 4.86. The molecule has 0 aliphatic carbocycles. The van der Waals surface area contributed by atoms with Crippen LogP contribution in [0.15, 0.2) is 0 Å². The number of carbonyl (C=O) groups is 2. The third-order valence-electron chi connectivity index (χ3n) is 2.54. The molecule has 0 radical (unpaired) electrons. The van der Waals surface area contributed by atoms with Crippen molar-refractivity contribution in [2.75, 3.05) is 6.54 Å². The largest absolute Gasteiger partial charge is 0.346 e. The molecule has 1 atom stereocenters. The Kier molecular flexibility index (Phi) is 8.68. The van der Waals surface area contributed by atoms with Gasteiger partial charge in [0.25, 0.3) is 0 Å². The molecular weight excluding hydrogens is 216 g/mol. The lowest BCUT2D eigenvalue weighted by Gasteiger charge is -2.19. The van der Waals surface area contributed by atoms with Crippen molar-refractivity contribution >= 4 is 11.7 Å². The van der Waals surface area contributed by atoms with Crippen molar-refractivity contribution in [1.82, 2.24) is 5.32 Å². The van der Waals surface area contributed by atoms with Crippen LogP contribution in [0.1, 0.15) is 52.9 Å². The highest BCUT2D eigenvalue weighted by Crippen LogP contribution is 2.09. The van der Waals surface area contributed by atoms with Crippen molar-refractivity contribution < 1.29 is 9.59 Å². The standard InChI is InChI=1S/C13H26N2O2/c1-4-6-12(16)11(9-10(2)3)15-13(17)7-5-8-14/h10-11H,4-9,14H2,1-3H3,(H,15,17). The van der Waals surface area contributed by atoms with E-state index in [0.717, 1.165) is 6.42 Å². The quantitative estimate of drug-likeness (QED) is 0.645. The maximum absolute atomic E-state index is 11.8. The normalized spacial score (nSPS) is 12.5. The van der Waals surface area contributed by atoms with E-state index in [2.05, 4.69) is 19.2 Å². The highest BCUT2D eigenvalue weighted by atomic mass is 16.2. The highest BCUT2D eigenvalue weighted by molar-refractivity contribution is 5.88. The summed E-state index contributed by atoms with van der Waals surface area (Å²) in [5.41, 5.74) is 5.35. The van der Waals surface area contributed by atoms with Gasteiger partial charge in [0.05, 0.1) is 6.04 Å². The van der Waals surface area contributed by atoms with Crippen molar-refractivity contribution in [1.29, 1.82) is 0 Å². The summed E-state index contributed by atoms with van der Waals surface area (Å²) in [6, 6.07) is -0.319. The lowest BCUT2D eigenvalue weighted by molar-refractivity contribution is -0.128. The predicted octanol–water partition coefficient (Wildman–Crippen LogP) is 1.63. The summed E-state index contributed by atoms with van der Waals surface area (Å²) in [7, 11) is 0. The molecule has 0 spiro atoms. The van der Waals surface area contributed by atoms with Crippen LogP contribution in [0.2, 0.25) is 0 Å². The number of Topliss-reactive ketones (excluding diaryl/α,β-unsaturated/α-hetero) is 1. The fraction of sp³-hybridized carbons (Fsp3) is 0.846. The summed E-state index contributed by atoms with van der Waals surface area (Å²) >= 11 is 0. The third kappa shape index (κ3) is 7.91.